The van der Waals surface area contributed by atoms with Crippen molar-refractivity contribution in [2.24, 2.45) is 11.1 Å². The molecule has 3 atom stereocenters. The molecule has 1 saturated carbocycles. The van der Waals surface area contributed by atoms with Crippen LogP contribution >= 0.6 is 15.9 Å². The highest BCUT2D eigenvalue weighted by Crippen LogP contribution is 2.63. The number of benzene rings is 2. The van der Waals surface area contributed by atoms with Crippen LogP contribution in [0.25, 0.3) is 0 Å². The lowest BCUT2D eigenvalue weighted by Gasteiger charge is -2.12. The molecule has 23 heavy (non-hydrogen) atoms. The Hall–Kier alpha value is -1.21. The summed E-state index contributed by atoms with van der Waals surface area (Å²) in [6, 6.07) is 15.9. The van der Waals surface area contributed by atoms with E-state index in [4.69, 9.17) is 5.73 Å². The molecule has 2 aromatic carbocycles. The minimum Gasteiger partial charge on any atom is -0.396 e. The van der Waals surface area contributed by atoms with Crippen LogP contribution in [-0.4, -0.2) is 31.9 Å². The van der Waals surface area contributed by atoms with Crippen LogP contribution in [0.5, 0.6) is 0 Å². The van der Waals surface area contributed by atoms with Crippen molar-refractivity contribution in [2.45, 2.75) is 16.1 Å². The summed E-state index contributed by atoms with van der Waals surface area (Å²) < 4.78 is 26.9. The van der Waals surface area contributed by atoms with Crippen molar-refractivity contribution in [1.29, 1.82) is 0 Å². The average Bonchev–Trinajstić information content (AvgIpc) is 3.27. The Morgan fingerprint density at radius 2 is 1.70 bits per heavy atom. The quantitative estimate of drug-likeness (QED) is 0.813. The number of aliphatic hydroxyl groups is 1. The van der Waals surface area contributed by atoms with Gasteiger partial charge in [0.1, 0.15) is 0 Å². The molecule has 6 heteroatoms. The molecule has 1 fully saturated rings. The van der Waals surface area contributed by atoms with Gasteiger partial charge in [0.25, 0.3) is 0 Å². The van der Waals surface area contributed by atoms with E-state index in [9.17, 15) is 13.5 Å². The molecule has 2 aromatic rings. The molecular weight excluding hydrogens is 378 g/mol. The molecule has 0 amide bonds. The van der Waals surface area contributed by atoms with Crippen LogP contribution in [0.1, 0.15) is 11.5 Å². The van der Waals surface area contributed by atoms with Crippen LogP contribution in [0.4, 0.5) is 0 Å². The first-order chi connectivity index (χ1) is 11.0. The minimum absolute atomic E-state index is 0.126. The van der Waals surface area contributed by atoms with E-state index in [2.05, 4.69) is 15.9 Å². The molecule has 122 valence electrons. The first-order valence-electron chi connectivity index (χ1n) is 7.33. The van der Waals surface area contributed by atoms with E-state index >= 15 is 0 Å². The highest BCUT2D eigenvalue weighted by molar-refractivity contribution is 9.10. The van der Waals surface area contributed by atoms with E-state index in [1.54, 1.807) is 30.3 Å². The molecule has 0 heterocycles. The Morgan fingerprint density at radius 1 is 1.09 bits per heavy atom. The lowest BCUT2D eigenvalue weighted by Crippen LogP contribution is -2.27. The molecule has 1 aliphatic carbocycles. The second kappa shape index (κ2) is 6.02. The molecule has 4 nitrogen and oxygen atoms in total. The molecule has 0 unspecified atom stereocenters. The van der Waals surface area contributed by atoms with Crippen LogP contribution in [-0.2, 0) is 9.84 Å². The lowest BCUT2D eigenvalue weighted by molar-refractivity contribution is 0.212. The summed E-state index contributed by atoms with van der Waals surface area (Å²) in [6.45, 7) is -0.123. The summed E-state index contributed by atoms with van der Waals surface area (Å²) in [5.41, 5.74) is 5.94. The zero-order valence-corrected chi connectivity index (χ0v) is 14.8. The zero-order chi connectivity index (χ0) is 16.7. The number of hydrogen-bond acceptors (Lipinski definition) is 4. The fourth-order valence-corrected chi connectivity index (χ4v) is 6.11. The lowest BCUT2D eigenvalue weighted by atomic mass is 10.0. The molecule has 0 aromatic heterocycles. The summed E-state index contributed by atoms with van der Waals surface area (Å²) in [4.78, 5) is 0.274. The van der Waals surface area contributed by atoms with Crippen LogP contribution in [0.15, 0.2) is 64.0 Å². The Balaban J connectivity index is 2.05. The van der Waals surface area contributed by atoms with E-state index in [1.165, 1.54) is 0 Å². The standard InChI is InChI=1S/C17H18BrNO3S/c18-13-8-6-12(7-9-13)15-16(17(15,10-19)11-20)23(21,22)14-4-2-1-3-5-14/h1-9,15-16,20H,10-11,19H2/t15-,16-,17+/m1/s1. The van der Waals surface area contributed by atoms with E-state index in [1.807, 2.05) is 24.3 Å². The van der Waals surface area contributed by atoms with Crippen LogP contribution < -0.4 is 5.73 Å². The van der Waals surface area contributed by atoms with Crippen molar-refractivity contribution in [1.82, 2.24) is 0 Å². The van der Waals surface area contributed by atoms with E-state index in [0.717, 1.165) is 10.0 Å². The van der Waals surface area contributed by atoms with Gasteiger partial charge in [0.15, 0.2) is 9.84 Å². The number of nitrogens with two attached hydrogens (primary N) is 1. The van der Waals surface area contributed by atoms with Gasteiger partial charge in [0, 0.05) is 22.4 Å². The SMILES string of the molecule is NC[C@]1(CO)[C@H](c2ccc(Br)cc2)[C@H]1S(=O)(=O)c1ccccc1. The molecule has 0 radical (unpaired) electrons. The summed E-state index contributed by atoms with van der Waals surface area (Å²) in [5.74, 6) is -0.296. The zero-order valence-electron chi connectivity index (χ0n) is 12.4. The summed E-state index contributed by atoms with van der Waals surface area (Å²) in [5, 5.41) is 9.17. The van der Waals surface area contributed by atoms with Gasteiger partial charge in [-0.25, -0.2) is 8.42 Å². The van der Waals surface area contributed by atoms with Gasteiger partial charge in [-0.15, -0.1) is 0 Å². The van der Waals surface area contributed by atoms with Gasteiger partial charge >= 0.3 is 0 Å². The predicted octanol–water partition coefficient (Wildman–Crippen LogP) is 2.33. The van der Waals surface area contributed by atoms with Crippen molar-refractivity contribution >= 4 is 25.8 Å². The van der Waals surface area contributed by atoms with Crippen molar-refractivity contribution < 1.29 is 13.5 Å². The summed E-state index contributed by atoms with van der Waals surface area (Å²) in [6.07, 6.45) is 0. The summed E-state index contributed by atoms with van der Waals surface area (Å²) in [7, 11) is -3.56. The van der Waals surface area contributed by atoms with Crippen LogP contribution in [0.2, 0.25) is 0 Å². The van der Waals surface area contributed by atoms with Crippen molar-refractivity contribution in [3.63, 3.8) is 0 Å². The predicted molar refractivity (Wildman–Crippen MR) is 92.9 cm³/mol. The Kier molecular flexibility index (Phi) is 4.35. The topological polar surface area (TPSA) is 80.4 Å². The van der Waals surface area contributed by atoms with E-state index < -0.39 is 20.5 Å². The Labute approximate surface area is 144 Å². The molecule has 1 aliphatic rings. The second-order valence-corrected chi connectivity index (χ2v) is 8.89. The Bertz CT molecular complexity index is 786. The van der Waals surface area contributed by atoms with Gasteiger partial charge in [-0.1, -0.05) is 46.3 Å². The largest absolute Gasteiger partial charge is 0.396 e. The maximum Gasteiger partial charge on any atom is 0.182 e. The maximum atomic E-state index is 13.0. The third-order valence-corrected chi connectivity index (χ3v) is 7.56. The first kappa shape index (κ1) is 16.6. The molecular formula is C17H18BrNO3S. The molecule has 3 N–H and O–H groups in total. The van der Waals surface area contributed by atoms with Gasteiger partial charge in [0.05, 0.1) is 16.8 Å². The molecule has 0 aliphatic heterocycles. The smallest absolute Gasteiger partial charge is 0.182 e. The molecule has 0 bridgehead atoms. The fraction of sp³-hybridized carbons (Fsp3) is 0.294. The molecule has 0 spiro atoms. The molecule has 0 saturated heterocycles. The van der Waals surface area contributed by atoms with Gasteiger partial charge in [-0.3, -0.25) is 0 Å². The number of aliphatic hydroxyl groups excluding tert-OH is 1. The molecule has 3 rings (SSSR count). The summed E-state index contributed by atoms with van der Waals surface area (Å²) >= 11 is 3.38. The van der Waals surface area contributed by atoms with E-state index in [0.29, 0.717) is 0 Å². The van der Waals surface area contributed by atoms with Gasteiger partial charge in [-0.2, -0.15) is 0 Å². The highest BCUT2D eigenvalue weighted by atomic mass is 79.9. The van der Waals surface area contributed by atoms with Gasteiger partial charge in [0.2, 0.25) is 0 Å². The Morgan fingerprint density at radius 3 is 2.22 bits per heavy atom. The third-order valence-electron chi connectivity index (χ3n) is 4.69. The number of hydrogen-bond donors (Lipinski definition) is 2. The van der Waals surface area contributed by atoms with Crippen LogP contribution in [0.3, 0.4) is 0 Å². The minimum atomic E-state index is -3.56. The van der Waals surface area contributed by atoms with E-state index in [-0.39, 0.29) is 24.0 Å². The monoisotopic (exact) mass is 395 g/mol. The fourth-order valence-electron chi connectivity index (χ4n) is 3.37. The maximum absolute atomic E-state index is 13.0. The first-order valence-corrected chi connectivity index (χ1v) is 9.66. The van der Waals surface area contributed by atoms with Crippen molar-refractivity contribution in [3.05, 3.63) is 64.6 Å². The highest BCUT2D eigenvalue weighted by Gasteiger charge is 2.70. The number of rotatable bonds is 5. The van der Waals surface area contributed by atoms with Crippen LogP contribution in [0, 0.1) is 5.41 Å². The van der Waals surface area contributed by atoms with Gasteiger partial charge < -0.3 is 10.8 Å². The second-order valence-electron chi connectivity index (χ2n) is 5.90. The normalized spacial score (nSPS) is 26.9. The van der Waals surface area contributed by atoms with Crippen molar-refractivity contribution in [3.8, 4) is 0 Å². The number of halogens is 1. The van der Waals surface area contributed by atoms with Crippen molar-refractivity contribution in [2.75, 3.05) is 13.2 Å². The number of sulfone groups is 1. The van der Waals surface area contributed by atoms with Gasteiger partial charge in [-0.05, 0) is 29.8 Å². The average molecular weight is 396 g/mol. The third kappa shape index (κ3) is 2.63.